The van der Waals surface area contributed by atoms with Crippen molar-refractivity contribution in [1.29, 1.82) is 0 Å². The molecule has 0 saturated heterocycles. The summed E-state index contributed by atoms with van der Waals surface area (Å²) in [6.07, 6.45) is 5.78. The van der Waals surface area contributed by atoms with Crippen LogP contribution in [0, 0.1) is 0 Å². The van der Waals surface area contributed by atoms with Crippen molar-refractivity contribution in [2.75, 3.05) is 14.1 Å². The molecule has 0 aliphatic rings. The van der Waals surface area contributed by atoms with E-state index in [2.05, 4.69) is 43.3 Å². The van der Waals surface area contributed by atoms with Gasteiger partial charge in [0.05, 0.1) is 6.04 Å². The van der Waals surface area contributed by atoms with E-state index in [1.54, 1.807) is 0 Å². The second-order valence-corrected chi connectivity index (χ2v) is 4.70. The molecule has 0 aliphatic carbocycles. The Morgan fingerprint density at radius 2 is 2.06 bits per heavy atom. The number of likely N-dealkylation sites (N-methyl/N-ethyl adjacent to an activating group) is 1. The summed E-state index contributed by atoms with van der Waals surface area (Å²) in [4.78, 5) is 6.67. The van der Waals surface area contributed by atoms with E-state index < -0.39 is 0 Å². The molecule has 1 aromatic heterocycles. The number of nitrogens with one attached hydrogen (secondary N) is 1. The molecule has 5 nitrogen and oxygen atoms in total. The molecule has 3 N–H and O–H groups in total. The number of rotatable bonds is 6. The van der Waals surface area contributed by atoms with Crippen LogP contribution in [0.5, 0.6) is 0 Å². The van der Waals surface area contributed by atoms with Crippen molar-refractivity contribution in [3.63, 3.8) is 0 Å². The van der Waals surface area contributed by atoms with Crippen LogP contribution < -0.4 is 11.3 Å². The van der Waals surface area contributed by atoms with E-state index in [9.17, 15) is 0 Å². The summed E-state index contributed by atoms with van der Waals surface area (Å²) >= 11 is 0. The first-order chi connectivity index (χ1) is 8.03. The molecule has 0 saturated carbocycles. The molecule has 0 radical (unpaired) electrons. The van der Waals surface area contributed by atoms with E-state index >= 15 is 0 Å². The topological polar surface area (TPSA) is 59.1 Å². The van der Waals surface area contributed by atoms with Crippen LogP contribution in [-0.2, 0) is 7.05 Å². The number of aryl methyl sites for hydroxylation is 1. The van der Waals surface area contributed by atoms with Crippen LogP contribution in [0.3, 0.4) is 0 Å². The molecule has 1 heterocycles. The highest BCUT2D eigenvalue weighted by molar-refractivity contribution is 5.09. The lowest BCUT2D eigenvalue weighted by atomic mass is 9.83. The first-order valence-electron chi connectivity index (χ1n) is 6.14. The number of nitrogens with zero attached hydrogens (tertiary/aromatic N) is 3. The third kappa shape index (κ3) is 2.36. The minimum absolute atomic E-state index is 0.0200. The molecule has 0 amide bonds. The lowest BCUT2D eigenvalue weighted by molar-refractivity contribution is 0.0830. The van der Waals surface area contributed by atoms with Crippen molar-refractivity contribution in [1.82, 2.24) is 19.9 Å². The minimum atomic E-state index is -0.0200. The lowest BCUT2D eigenvalue weighted by Gasteiger charge is -2.44. The number of imidazole rings is 1. The summed E-state index contributed by atoms with van der Waals surface area (Å²) in [5.41, 5.74) is 2.92. The smallest absolute Gasteiger partial charge is 0.128 e. The number of nitrogens with two attached hydrogens (primary N) is 1. The predicted octanol–water partition coefficient (Wildman–Crippen LogP) is 1.04. The van der Waals surface area contributed by atoms with Crippen molar-refractivity contribution in [2.24, 2.45) is 12.9 Å². The Morgan fingerprint density at radius 1 is 1.47 bits per heavy atom. The zero-order valence-electron chi connectivity index (χ0n) is 11.6. The average molecular weight is 239 g/mol. The maximum absolute atomic E-state index is 5.78. The molecule has 0 aromatic carbocycles. The van der Waals surface area contributed by atoms with Crippen molar-refractivity contribution >= 4 is 0 Å². The largest absolute Gasteiger partial charge is 0.337 e. The Bertz CT molecular complexity index is 340. The first-order valence-corrected chi connectivity index (χ1v) is 6.14. The van der Waals surface area contributed by atoms with Gasteiger partial charge in [-0.15, -0.1) is 0 Å². The van der Waals surface area contributed by atoms with Gasteiger partial charge in [-0.3, -0.25) is 5.84 Å². The van der Waals surface area contributed by atoms with Crippen LogP contribution in [-0.4, -0.2) is 34.1 Å². The third-order valence-electron chi connectivity index (χ3n) is 3.94. The second-order valence-electron chi connectivity index (χ2n) is 4.70. The average Bonchev–Trinajstić information content (AvgIpc) is 2.72. The molecule has 5 heteroatoms. The van der Waals surface area contributed by atoms with E-state index in [4.69, 9.17) is 5.84 Å². The van der Waals surface area contributed by atoms with E-state index in [1.807, 2.05) is 24.0 Å². The second kappa shape index (κ2) is 5.62. The highest BCUT2D eigenvalue weighted by atomic mass is 15.3. The molecule has 1 unspecified atom stereocenters. The minimum Gasteiger partial charge on any atom is -0.337 e. The maximum atomic E-state index is 5.78. The summed E-state index contributed by atoms with van der Waals surface area (Å²) in [6, 6.07) is 0.0208. The number of hydrogen-bond acceptors (Lipinski definition) is 4. The van der Waals surface area contributed by atoms with E-state index in [1.165, 1.54) is 0 Å². The normalized spacial score (nSPS) is 14.3. The third-order valence-corrected chi connectivity index (χ3v) is 3.94. The van der Waals surface area contributed by atoms with Gasteiger partial charge in [-0.2, -0.15) is 0 Å². The Kier molecular flexibility index (Phi) is 4.68. The lowest BCUT2D eigenvalue weighted by Crippen LogP contribution is -2.55. The summed E-state index contributed by atoms with van der Waals surface area (Å²) in [7, 11) is 6.19. The van der Waals surface area contributed by atoms with E-state index in [0.29, 0.717) is 0 Å². The molecular formula is C12H25N5. The van der Waals surface area contributed by atoms with Crippen LogP contribution >= 0.6 is 0 Å². The zero-order valence-corrected chi connectivity index (χ0v) is 11.6. The molecule has 1 rings (SSSR count). The first kappa shape index (κ1) is 14.2. The van der Waals surface area contributed by atoms with Gasteiger partial charge in [-0.05, 0) is 26.9 Å². The fraction of sp³-hybridized carbons (Fsp3) is 0.750. The van der Waals surface area contributed by atoms with Gasteiger partial charge in [0.15, 0.2) is 0 Å². The van der Waals surface area contributed by atoms with Crippen LogP contribution in [0.2, 0.25) is 0 Å². The van der Waals surface area contributed by atoms with E-state index in [-0.39, 0.29) is 11.6 Å². The predicted molar refractivity (Wildman–Crippen MR) is 70.3 cm³/mol. The standard InChI is InChI=1S/C12H25N5/c1-6-12(7-2,16(3)4)10(15-13)11-14-8-9-17(11)5/h8-10,15H,6-7,13H2,1-5H3. The molecule has 1 atom stereocenters. The summed E-state index contributed by atoms with van der Waals surface area (Å²) in [5, 5.41) is 0. The molecule has 17 heavy (non-hydrogen) atoms. The van der Waals surface area contributed by atoms with Gasteiger partial charge in [0.25, 0.3) is 0 Å². The Balaban J connectivity index is 3.19. The van der Waals surface area contributed by atoms with Gasteiger partial charge in [0.2, 0.25) is 0 Å². The Morgan fingerprint density at radius 3 is 2.35 bits per heavy atom. The van der Waals surface area contributed by atoms with Crippen molar-refractivity contribution in [3.05, 3.63) is 18.2 Å². The SMILES string of the molecule is CCC(CC)(C(NN)c1nccn1C)N(C)C. The van der Waals surface area contributed by atoms with Crippen LogP contribution in [0.25, 0.3) is 0 Å². The van der Waals surface area contributed by atoms with Crippen LogP contribution in [0.1, 0.15) is 38.6 Å². The molecule has 0 spiro atoms. The maximum Gasteiger partial charge on any atom is 0.128 e. The molecule has 1 aromatic rings. The quantitative estimate of drug-likeness (QED) is 0.575. The number of hydrazine groups is 1. The van der Waals surface area contributed by atoms with Gasteiger partial charge < -0.3 is 9.47 Å². The number of aromatic nitrogens is 2. The van der Waals surface area contributed by atoms with Gasteiger partial charge >= 0.3 is 0 Å². The van der Waals surface area contributed by atoms with E-state index in [0.717, 1.165) is 18.7 Å². The molecule has 0 aliphatic heterocycles. The van der Waals surface area contributed by atoms with Gasteiger partial charge in [0.1, 0.15) is 5.82 Å². The summed E-state index contributed by atoms with van der Waals surface area (Å²) in [6.45, 7) is 4.38. The van der Waals surface area contributed by atoms with Crippen LogP contribution in [0.4, 0.5) is 0 Å². The summed E-state index contributed by atoms with van der Waals surface area (Å²) in [5.74, 6) is 6.75. The van der Waals surface area contributed by atoms with Crippen molar-refractivity contribution in [3.8, 4) is 0 Å². The Labute approximate surface area is 104 Å². The fourth-order valence-electron chi connectivity index (χ4n) is 2.67. The molecule has 0 fully saturated rings. The Hall–Kier alpha value is -0.910. The van der Waals surface area contributed by atoms with Crippen LogP contribution in [0.15, 0.2) is 12.4 Å². The summed E-state index contributed by atoms with van der Waals surface area (Å²) < 4.78 is 2.02. The van der Waals surface area contributed by atoms with Gasteiger partial charge in [-0.25, -0.2) is 10.4 Å². The highest BCUT2D eigenvalue weighted by Crippen LogP contribution is 2.34. The molecule has 0 bridgehead atoms. The number of hydrogen-bond donors (Lipinski definition) is 2. The van der Waals surface area contributed by atoms with Gasteiger partial charge in [-0.1, -0.05) is 13.8 Å². The molecular weight excluding hydrogens is 214 g/mol. The fourth-order valence-corrected chi connectivity index (χ4v) is 2.67. The molecule has 98 valence electrons. The zero-order chi connectivity index (χ0) is 13.1. The monoisotopic (exact) mass is 239 g/mol. The highest BCUT2D eigenvalue weighted by Gasteiger charge is 2.40. The van der Waals surface area contributed by atoms with Gasteiger partial charge in [0, 0.05) is 25.0 Å². The van der Waals surface area contributed by atoms with Crippen molar-refractivity contribution < 1.29 is 0 Å². The van der Waals surface area contributed by atoms with Crippen molar-refractivity contribution in [2.45, 2.75) is 38.3 Å².